The minimum Gasteiger partial charge on any atom is -0.277 e. The van der Waals surface area contributed by atoms with Gasteiger partial charge >= 0.3 is 0 Å². The normalized spacial score (nSPS) is 18.1. The van der Waals surface area contributed by atoms with E-state index < -0.39 is 12.0 Å². The number of allylic oxidation sites excluding steroid dienone is 4. The van der Waals surface area contributed by atoms with Gasteiger partial charge in [0, 0.05) is 23.8 Å². The van der Waals surface area contributed by atoms with Crippen LogP contribution in [-0.2, 0) is 0 Å². The monoisotopic (exact) mass is 344 g/mol. The number of pyridine rings is 2. The Kier molecular flexibility index (Phi) is 3.61. The number of rotatable bonds is 2. The summed E-state index contributed by atoms with van der Waals surface area (Å²) in [4.78, 5) is 8.76. The summed E-state index contributed by atoms with van der Waals surface area (Å²) in [6, 6.07) is 7.27. The van der Waals surface area contributed by atoms with Gasteiger partial charge in [0.1, 0.15) is 12.0 Å². The molecule has 1 atom stereocenters. The molecule has 0 amide bonds. The second-order valence-corrected chi connectivity index (χ2v) is 5.83. The van der Waals surface area contributed by atoms with Crippen LogP contribution in [0.3, 0.4) is 0 Å². The van der Waals surface area contributed by atoms with E-state index in [0.717, 1.165) is 11.0 Å². The average Bonchev–Trinajstić information content (AvgIpc) is 3.07. The van der Waals surface area contributed by atoms with Crippen molar-refractivity contribution in [3.05, 3.63) is 59.3 Å². The molecule has 3 aromatic rings. The van der Waals surface area contributed by atoms with E-state index in [4.69, 9.17) is 11.6 Å². The molecule has 120 valence electrons. The Bertz CT molecular complexity index is 993. The van der Waals surface area contributed by atoms with E-state index in [1.807, 2.05) is 12.1 Å². The predicted octanol–water partition coefficient (Wildman–Crippen LogP) is 4.57. The molecule has 0 fully saturated rings. The van der Waals surface area contributed by atoms with Crippen molar-refractivity contribution in [3.8, 4) is 11.3 Å². The number of hydrogen-bond acceptors (Lipinski definition) is 3. The SMILES string of the molecule is FC1=C(Cl)C=C(c2[nH]ncc2-c2ccc3ncccc3n2)C(F)C1. The first kappa shape index (κ1) is 15.0. The topological polar surface area (TPSA) is 54.5 Å². The molecule has 7 heteroatoms. The summed E-state index contributed by atoms with van der Waals surface area (Å²) >= 11 is 5.82. The van der Waals surface area contributed by atoms with Gasteiger partial charge in [-0.05, 0) is 30.3 Å². The number of aromatic amines is 1. The fraction of sp³-hybridized carbons (Fsp3) is 0.118. The Labute approximate surface area is 140 Å². The van der Waals surface area contributed by atoms with Crippen LogP contribution < -0.4 is 0 Å². The smallest absolute Gasteiger partial charge is 0.134 e. The van der Waals surface area contributed by atoms with Crippen molar-refractivity contribution >= 4 is 28.2 Å². The molecule has 0 aliphatic heterocycles. The predicted molar refractivity (Wildman–Crippen MR) is 88.6 cm³/mol. The average molecular weight is 345 g/mol. The molecule has 0 radical (unpaired) electrons. The van der Waals surface area contributed by atoms with Crippen molar-refractivity contribution in [2.45, 2.75) is 12.6 Å². The summed E-state index contributed by atoms with van der Waals surface area (Å²) in [6.07, 6.45) is 2.68. The molecular weight excluding hydrogens is 334 g/mol. The lowest BCUT2D eigenvalue weighted by molar-refractivity contribution is 0.378. The summed E-state index contributed by atoms with van der Waals surface area (Å²) in [5.41, 5.74) is 3.45. The lowest BCUT2D eigenvalue weighted by Crippen LogP contribution is -2.10. The van der Waals surface area contributed by atoms with Crippen LogP contribution in [-0.4, -0.2) is 26.3 Å². The van der Waals surface area contributed by atoms with Crippen molar-refractivity contribution in [1.29, 1.82) is 0 Å². The summed E-state index contributed by atoms with van der Waals surface area (Å²) in [6.45, 7) is 0. The zero-order chi connectivity index (χ0) is 16.7. The Balaban J connectivity index is 1.84. The van der Waals surface area contributed by atoms with E-state index in [2.05, 4.69) is 20.2 Å². The van der Waals surface area contributed by atoms with Crippen LogP contribution in [0.4, 0.5) is 8.78 Å². The van der Waals surface area contributed by atoms with E-state index in [9.17, 15) is 8.78 Å². The van der Waals surface area contributed by atoms with E-state index >= 15 is 0 Å². The lowest BCUT2D eigenvalue weighted by Gasteiger charge is -2.17. The zero-order valence-electron chi connectivity index (χ0n) is 12.3. The molecule has 0 bridgehead atoms. The molecule has 1 aliphatic carbocycles. The number of aromatic nitrogens is 4. The third-order valence-electron chi connectivity index (χ3n) is 3.90. The van der Waals surface area contributed by atoms with Gasteiger partial charge in [0.15, 0.2) is 0 Å². The maximum absolute atomic E-state index is 14.3. The fourth-order valence-electron chi connectivity index (χ4n) is 2.71. The van der Waals surface area contributed by atoms with Crippen LogP contribution in [0.5, 0.6) is 0 Å². The standard InChI is InChI=1S/C17H11ClF2N4/c18-11-6-9(12(19)7-13(11)20)17-10(8-22-24-17)14-3-4-15-16(23-14)2-1-5-21-15/h1-6,8,12H,7H2,(H,22,24). The highest BCUT2D eigenvalue weighted by atomic mass is 35.5. The van der Waals surface area contributed by atoms with Gasteiger partial charge in [-0.2, -0.15) is 5.10 Å². The van der Waals surface area contributed by atoms with E-state index in [0.29, 0.717) is 17.0 Å². The summed E-state index contributed by atoms with van der Waals surface area (Å²) in [7, 11) is 0. The van der Waals surface area contributed by atoms with Crippen molar-refractivity contribution in [2.75, 3.05) is 0 Å². The van der Waals surface area contributed by atoms with Gasteiger partial charge in [0.05, 0.1) is 33.7 Å². The first-order valence-electron chi connectivity index (χ1n) is 7.29. The largest absolute Gasteiger partial charge is 0.277 e. The summed E-state index contributed by atoms with van der Waals surface area (Å²) < 4.78 is 27.8. The van der Waals surface area contributed by atoms with Crippen molar-refractivity contribution in [1.82, 2.24) is 20.2 Å². The maximum atomic E-state index is 14.3. The van der Waals surface area contributed by atoms with Crippen molar-refractivity contribution < 1.29 is 8.78 Å². The molecule has 3 aromatic heterocycles. The van der Waals surface area contributed by atoms with Crippen LogP contribution in [0.25, 0.3) is 27.9 Å². The number of alkyl halides is 1. The quantitative estimate of drug-likeness (QED) is 0.741. The number of halogens is 3. The number of H-pyrrole nitrogens is 1. The lowest BCUT2D eigenvalue weighted by atomic mass is 9.96. The van der Waals surface area contributed by atoms with Gasteiger partial charge < -0.3 is 0 Å². The highest BCUT2D eigenvalue weighted by molar-refractivity contribution is 6.32. The Morgan fingerprint density at radius 1 is 1.21 bits per heavy atom. The first-order chi connectivity index (χ1) is 11.6. The Hall–Kier alpha value is -2.60. The highest BCUT2D eigenvalue weighted by Gasteiger charge is 2.27. The van der Waals surface area contributed by atoms with Gasteiger partial charge in [-0.3, -0.25) is 10.1 Å². The minimum absolute atomic E-state index is 0.0879. The van der Waals surface area contributed by atoms with E-state index in [1.165, 1.54) is 6.08 Å². The molecule has 0 aromatic carbocycles. The molecule has 24 heavy (non-hydrogen) atoms. The molecule has 1 unspecified atom stereocenters. The van der Waals surface area contributed by atoms with Crippen LogP contribution in [0, 0.1) is 0 Å². The molecule has 0 saturated heterocycles. The van der Waals surface area contributed by atoms with Gasteiger partial charge in [0.25, 0.3) is 0 Å². The van der Waals surface area contributed by atoms with Crippen LogP contribution in [0.1, 0.15) is 12.1 Å². The Morgan fingerprint density at radius 2 is 2.08 bits per heavy atom. The van der Waals surface area contributed by atoms with E-state index in [-0.39, 0.29) is 17.0 Å². The number of nitrogens with zero attached hydrogens (tertiary/aromatic N) is 3. The molecule has 0 spiro atoms. The number of fused-ring (bicyclic) bond motifs is 1. The molecular formula is C17H11ClF2N4. The Morgan fingerprint density at radius 3 is 2.96 bits per heavy atom. The van der Waals surface area contributed by atoms with Crippen LogP contribution in [0.2, 0.25) is 0 Å². The van der Waals surface area contributed by atoms with Crippen molar-refractivity contribution in [2.24, 2.45) is 0 Å². The van der Waals surface area contributed by atoms with Gasteiger partial charge in [-0.1, -0.05) is 11.6 Å². The van der Waals surface area contributed by atoms with Gasteiger partial charge in [0.2, 0.25) is 0 Å². The third kappa shape index (κ3) is 2.49. The van der Waals surface area contributed by atoms with E-state index in [1.54, 1.807) is 24.5 Å². The molecule has 3 heterocycles. The van der Waals surface area contributed by atoms with Crippen LogP contribution >= 0.6 is 11.6 Å². The maximum Gasteiger partial charge on any atom is 0.134 e. The first-order valence-corrected chi connectivity index (χ1v) is 7.67. The molecule has 0 saturated carbocycles. The molecule has 1 N–H and O–H groups in total. The third-order valence-corrected chi connectivity index (χ3v) is 4.21. The number of hydrogen-bond donors (Lipinski definition) is 1. The molecule has 1 aliphatic rings. The molecule has 4 nitrogen and oxygen atoms in total. The van der Waals surface area contributed by atoms with Gasteiger partial charge in [-0.25, -0.2) is 13.8 Å². The second kappa shape index (κ2) is 5.79. The summed E-state index contributed by atoms with van der Waals surface area (Å²) in [5.74, 6) is -0.649. The molecule has 4 rings (SSSR count). The number of nitrogens with one attached hydrogen (secondary N) is 1. The van der Waals surface area contributed by atoms with Crippen LogP contribution in [0.15, 0.2) is 53.6 Å². The highest BCUT2D eigenvalue weighted by Crippen LogP contribution is 2.37. The fourth-order valence-corrected chi connectivity index (χ4v) is 2.90. The van der Waals surface area contributed by atoms with Gasteiger partial charge in [-0.15, -0.1) is 0 Å². The van der Waals surface area contributed by atoms with Crippen molar-refractivity contribution in [3.63, 3.8) is 0 Å². The minimum atomic E-state index is -1.49. The second-order valence-electron chi connectivity index (χ2n) is 5.42. The zero-order valence-corrected chi connectivity index (χ0v) is 13.1. The summed E-state index contributed by atoms with van der Waals surface area (Å²) in [5, 5.41) is 6.67.